The fraction of sp³-hybridized carbons (Fsp3) is 0.240. The Morgan fingerprint density at radius 3 is 2.47 bits per heavy atom. The number of benzene rings is 2. The van der Waals surface area contributed by atoms with Crippen LogP contribution in [0.15, 0.2) is 65.3 Å². The van der Waals surface area contributed by atoms with Gasteiger partial charge in [-0.3, -0.25) is 14.5 Å². The fourth-order valence-electron chi connectivity index (χ4n) is 3.30. The Balaban J connectivity index is 1.80. The van der Waals surface area contributed by atoms with E-state index in [9.17, 15) is 19.2 Å². The number of nitriles is 1. The van der Waals surface area contributed by atoms with E-state index in [0.717, 1.165) is 4.90 Å². The van der Waals surface area contributed by atoms with Crippen LogP contribution in [0.3, 0.4) is 0 Å². The molecule has 0 unspecified atom stereocenters. The molecule has 0 fully saturated rings. The van der Waals surface area contributed by atoms with Crippen molar-refractivity contribution >= 4 is 17.9 Å². The molecule has 1 heterocycles. The second-order valence-electron chi connectivity index (χ2n) is 7.23. The molecule has 1 aliphatic heterocycles. The van der Waals surface area contributed by atoms with Crippen LogP contribution in [0.4, 0.5) is 4.39 Å². The fourth-order valence-corrected chi connectivity index (χ4v) is 3.30. The van der Waals surface area contributed by atoms with Gasteiger partial charge in [-0.25, -0.2) is 4.39 Å². The first-order chi connectivity index (χ1) is 15.5. The highest BCUT2D eigenvalue weighted by Crippen LogP contribution is 2.27. The summed E-state index contributed by atoms with van der Waals surface area (Å²) in [4.78, 5) is 26.6. The third-order valence-corrected chi connectivity index (χ3v) is 5.10. The lowest BCUT2D eigenvalue weighted by atomic mass is 9.93. The monoisotopic (exact) mass is 434 g/mol. The van der Waals surface area contributed by atoms with Crippen LogP contribution in [-0.2, 0) is 20.9 Å². The minimum Gasteiger partial charge on any atom is -0.489 e. The predicted molar refractivity (Wildman–Crippen MR) is 117 cm³/mol. The zero-order valence-electron chi connectivity index (χ0n) is 17.9. The Hall–Kier alpha value is -3.76. The number of methoxy groups -OCH3 is 1. The van der Waals surface area contributed by atoms with Gasteiger partial charge in [0, 0.05) is 31.4 Å². The third kappa shape index (κ3) is 5.10. The molecule has 0 radical (unpaired) electrons. The maximum atomic E-state index is 13.7. The Kier molecular flexibility index (Phi) is 7.53. The Labute approximate surface area is 186 Å². The van der Waals surface area contributed by atoms with Gasteiger partial charge in [0.05, 0.1) is 0 Å². The van der Waals surface area contributed by atoms with E-state index in [-0.39, 0.29) is 24.5 Å². The number of halogens is 1. The van der Waals surface area contributed by atoms with Crippen molar-refractivity contribution in [2.24, 2.45) is 0 Å². The van der Waals surface area contributed by atoms with Crippen molar-refractivity contribution in [1.29, 1.82) is 5.26 Å². The standard InChI is InChI=1S/C25H23FN2O4/c1-17-21(24(29)28(12-5-13-31-2)25(30)22(17)15-27)14-18-8-10-20(11-9-18)32-16-19-6-3-4-7-23(19)26/h3-4,6-11,14H,5,12-13,16H2,1-2H3/b21-14+. The summed E-state index contributed by atoms with van der Waals surface area (Å²) in [7, 11) is 1.54. The molecule has 0 spiro atoms. The van der Waals surface area contributed by atoms with E-state index in [1.54, 1.807) is 62.6 Å². The van der Waals surface area contributed by atoms with Crippen molar-refractivity contribution in [2.45, 2.75) is 20.0 Å². The van der Waals surface area contributed by atoms with E-state index in [0.29, 0.717) is 41.1 Å². The van der Waals surface area contributed by atoms with Crippen molar-refractivity contribution in [3.63, 3.8) is 0 Å². The maximum absolute atomic E-state index is 13.7. The molecule has 164 valence electrons. The van der Waals surface area contributed by atoms with Gasteiger partial charge in [0.2, 0.25) is 0 Å². The van der Waals surface area contributed by atoms with Gasteiger partial charge in [-0.05, 0) is 48.8 Å². The number of carbonyl (C=O) groups excluding carboxylic acids is 2. The molecule has 6 nitrogen and oxygen atoms in total. The summed E-state index contributed by atoms with van der Waals surface area (Å²) in [5.74, 6) is -0.806. The summed E-state index contributed by atoms with van der Waals surface area (Å²) in [6.45, 7) is 2.26. The van der Waals surface area contributed by atoms with Crippen molar-refractivity contribution < 1.29 is 23.5 Å². The first-order valence-electron chi connectivity index (χ1n) is 10.1. The second kappa shape index (κ2) is 10.5. The average molecular weight is 434 g/mol. The van der Waals surface area contributed by atoms with Gasteiger partial charge < -0.3 is 9.47 Å². The lowest BCUT2D eigenvalue weighted by molar-refractivity contribution is -0.140. The normalized spacial score (nSPS) is 15.3. The summed E-state index contributed by atoms with van der Waals surface area (Å²) < 4.78 is 24.4. The SMILES string of the molecule is COCCCN1C(=O)C(C#N)=C(C)/C(=C\c2ccc(OCc3ccccc3F)cc2)C1=O. The topological polar surface area (TPSA) is 79.6 Å². The second-order valence-corrected chi connectivity index (χ2v) is 7.23. The number of amides is 2. The Bertz CT molecular complexity index is 1110. The van der Waals surface area contributed by atoms with Crippen molar-refractivity contribution in [2.75, 3.05) is 20.3 Å². The van der Waals surface area contributed by atoms with E-state index in [1.807, 2.05) is 6.07 Å². The largest absolute Gasteiger partial charge is 0.489 e. The van der Waals surface area contributed by atoms with Crippen LogP contribution in [0.5, 0.6) is 5.75 Å². The molecule has 3 rings (SSSR count). The summed E-state index contributed by atoms with van der Waals surface area (Å²) in [6.07, 6.45) is 2.12. The van der Waals surface area contributed by atoms with E-state index in [4.69, 9.17) is 9.47 Å². The molecule has 0 saturated carbocycles. The van der Waals surface area contributed by atoms with Gasteiger partial charge in [-0.15, -0.1) is 0 Å². The molecule has 0 N–H and O–H groups in total. The van der Waals surface area contributed by atoms with Crippen LogP contribution < -0.4 is 4.74 Å². The molecular weight excluding hydrogens is 411 g/mol. The highest BCUT2D eigenvalue weighted by Gasteiger charge is 2.34. The molecule has 0 saturated heterocycles. The quantitative estimate of drug-likeness (QED) is 0.356. The zero-order chi connectivity index (χ0) is 23.1. The Morgan fingerprint density at radius 2 is 1.81 bits per heavy atom. The molecule has 2 aromatic carbocycles. The lowest BCUT2D eigenvalue weighted by Crippen LogP contribution is -2.43. The minimum absolute atomic E-state index is 0.0434. The molecule has 7 heteroatoms. The van der Waals surface area contributed by atoms with Crippen molar-refractivity contribution in [3.8, 4) is 11.8 Å². The number of imide groups is 1. The molecule has 32 heavy (non-hydrogen) atoms. The van der Waals surface area contributed by atoms with E-state index in [2.05, 4.69) is 0 Å². The number of ether oxygens (including phenoxy) is 2. The van der Waals surface area contributed by atoms with Crippen molar-refractivity contribution in [1.82, 2.24) is 4.90 Å². The van der Waals surface area contributed by atoms with Gasteiger partial charge in [0.1, 0.15) is 29.8 Å². The first-order valence-corrected chi connectivity index (χ1v) is 10.1. The number of hydrogen-bond donors (Lipinski definition) is 0. The summed E-state index contributed by atoms with van der Waals surface area (Å²) in [6, 6.07) is 15.3. The van der Waals surface area contributed by atoms with Crippen LogP contribution in [0.25, 0.3) is 6.08 Å². The lowest BCUT2D eigenvalue weighted by Gasteiger charge is -2.27. The number of rotatable bonds is 8. The van der Waals surface area contributed by atoms with E-state index >= 15 is 0 Å². The predicted octanol–water partition coefficient (Wildman–Crippen LogP) is 4.03. The van der Waals surface area contributed by atoms with Gasteiger partial charge in [0.15, 0.2) is 0 Å². The van der Waals surface area contributed by atoms with Crippen LogP contribution in [0, 0.1) is 17.1 Å². The molecular formula is C25H23FN2O4. The highest BCUT2D eigenvalue weighted by molar-refractivity contribution is 6.19. The summed E-state index contributed by atoms with van der Waals surface area (Å²) in [5, 5.41) is 9.44. The summed E-state index contributed by atoms with van der Waals surface area (Å²) in [5.41, 5.74) is 1.76. The van der Waals surface area contributed by atoms with Crippen LogP contribution in [0.1, 0.15) is 24.5 Å². The van der Waals surface area contributed by atoms with Crippen molar-refractivity contribution in [3.05, 3.63) is 82.2 Å². The van der Waals surface area contributed by atoms with E-state index in [1.165, 1.54) is 6.07 Å². The molecule has 2 amide bonds. The molecule has 0 aliphatic carbocycles. The highest BCUT2D eigenvalue weighted by atomic mass is 19.1. The third-order valence-electron chi connectivity index (χ3n) is 5.10. The van der Waals surface area contributed by atoms with Gasteiger partial charge in [-0.2, -0.15) is 5.26 Å². The van der Waals surface area contributed by atoms with Crippen LogP contribution in [0.2, 0.25) is 0 Å². The molecule has 0 aromatic heterocycles. The van der Waals surface area contributed by atoms with Gasteiger partial charge in [-0.1, -0.05) is 30.3 Å². The first kappa shape index (κ1) is 22.9. The van der Waals surface area contributed by atoms with Gasteiger partial charge in [0.25, 0.3) is 11.8 Å². The smallest absolute Gasteiger partial charge is 0.271 e. The van der Waals surface area contributed by atoms with Gasteiger partial charge >= 0.3 is 0 Å². The molecule has 2 aromatic rings. The molecule has 0 bridgehead atoms. The van der Waals surface area contributed by atoms with Crippen LogP contribution >= 0.6 is 0 Å². The van der Waals surface area contributed by atoms with Crippen LogP contribution in [-0.4, -0.2) is 37.0 Å². The molecule has 0 atom stereocenters. The Morgan fingerprint density at radius 1 is 1.09 bits per heavy atom. The average Bonchev–Trinajstić information content (AvgIpc) is 2.79. The maximum Gasteiger partial charge on any atom is 0.271 e. The number of hydrogen-bond acceptors (Lipinski definition) is 5. The summed E-state index contributed by atoms with van der Waals surface area (Å²) >= 11 is 0. The zero-order valence-corrected chi connectivity index (χ0v) is 17.9. The minimum atomic E-state index is -0.583. The molecule has 1 aliphatic rings. The number of nitrogens with zero attached hydrogens (tertiary/aromatic N) is 2. The number of carbonyl (C=O) groups is 2. The van der Waals surface area contributed by atoms with E-state index < -0.39 is 11.8 Å².